The number of carbonyl (C=O) groups excluding carboxylic acids is 2. The Morgan fingerprint density at radius 1 is 1.08 bits per heavy atom. The molecule has 0 aliphatic carbocycles. The van der Waals surface area contributed by atoms with E-state index in [9.17, 15) is 9.59 Å². The van der Waals surface area contributed by atoms with Crippen molar-refractivity contribution >= 4 is 46.2 Å². The highest BCUT2D eigenvalue weighted by Crippen LogP contribution is 2.39. The van der Waals surface area contributed by atoms with Crippen LogP contribution in [0.5, 0.6) is 0 Å². The van der Waals surface area contributed by atoms with Gasteiger partial charge in [-0.25, -0.2) is 4.79 Å². The van der Waals surface area contributed by atoms with Crippen molar-refractivity contribution in [2.75, 3.05) is 57.8 Å². The first-order valence-electron chi connectivity index (χ1n) is 16.7. The molecule has 4 aromatic rings. The van der Waals surface area contributed by atoms with E-state index in [-0.39, 0.29) is 18.9 Å². The summed E-state index contributed by atoms with van der Waals surface area (Å²) in [5.41, 5.74) is 11.5. The van der Waals surface area contributed by atoms with E-state index in [0.717, 1.165) is 78.1 Å². The molecule has 3 N–H and O–H groups in total. The van der Waals surface area contributed by atoms with Crippen LogP contribution in [-0.2, 0) is 9.53 Å². The second kappa shape index (κ2) is 15.6. The minimum Gasteiger partial charge on any atom is -0.465 e. The van der Waals surface area contributed by atoms with Crippen LogP contribution >= 0.6 is 22.9 Å². The molecule has 0 unspecified atom stereocenters. The van der Waals surface area contributed by atoms with Crippen molar-refractivity contribution in [3.63, 3.8) is 0 Å². The van der Waals surface area contributed by atoms with E-state index in [1.54, 1.807) is 11.3 Å². The van der Waals surface area contributed by atoms with Gasteiger partial charge in [0.2, 0.25) is 5.91 Å². The number of nitrogens with zero attached hydrogens (tertiary/aromatic N) is 6. The van der Waals surface area contributed by atoms with E-state index >= 15 is 0 Å². The van der Waals surface area contributed by atoms with Gasteiger partial charge in [0.15, 0.2) is 5.82 Å². The number of hydrogen-bond acceptors (Lipinski definition) is 10. The van der Waals surface area contributed by atoms with E-state index < -0.39 is 12.0 Å². The molecule has 1 amide bonds. The summed E-state index contributed by atoms with van der Waals surface area (Å²) in [6.45, 7) is 11.2. The first-order chi connectivity index (χ1) is 24.2. The van der Waals surface area contributed by atoms with Gasteiger partial charge in [-0.05, 0) is 69.6 Å². The summed E-state index contributed by atoms with van der Waals surface area (Å²) < 4.78 is 7.05. The van der Waals surface area contributed by atoms with Gasteiger partial charge in [-0.2, -0.15) is 0 Å². The van der Waals surface area contributed by atoms with Crippen LogP contribution in [0.25, 0.3) is 5.00 Å². The summed E-state index contributed by atoms with van der Waals surface area (Å²) in [5, 5.41) is 13.7. The molecule has 1 fully saturated rings. The molecule has 13 heteroatoms. The number of fused-ring (bicyclic) bond motifs is 3. The van der Waals surface area contributed by atoms with E-state index in [0.29, 0.717) is 28.5 Å². The SMILES string of the molecule is COC(=O)c1cc(N2CCN(CCCNC(=O)C[C@@H]3N=C(c4ccc(Cl)cc4)c4c(sc(C)c4C)-n4c(C)nnc43)CC2)ccc1C#CCN. The number of aromatic nitrogens is 3. The summed E-state index contributed by atoms with van der Waals surface area (Å²) in [6, 6.07) is 12.9. The lowest BCUT2D eigenvalue weighted by molar-refractivity contribution is -0.121. The molecule has 11 nitrogen and oxygen atoms in total. The fraction of sp³-hybridized carbons (Fsp3) is 0.378. The Labute approximate surface area is 301 Å². The fourth-order valence-electron chi connectivity index (χ4n) is 6.40. The number of amides is 1. The topological polar surface area (TPSA) is 131 Å². The zero-order valence-corrected chi connectivity index (χ0v) is 30.3. The second-order valence-corrected chi connectivity index (χ2v) is 14.0. The molecule has 1 saturated heterocycles. The van der Waals surface area contributed by atoms with E-state index in [2.05, 4.69) is 55.6 Å². The first-order valence-corrected chi connectivity index (χ1v) is 17.9. The first kappa shape index (κ1) is 35.3. The van der Waals surface area contributed by atoms with Crippen LogP contribution in [0.4, 0.5) is 5.69 Å². The lowest BCUT2D eigenvalue weighted by Gasteiger charge is -2.36. The predicted molar refractivity (Wildman–Crippen MR) is 198 cm³/mol. The monoisotopic (exact) mass is 712 g/mol. The van der Waals surface area contributed by atoms with Gasteiger partial charge in [0.05, 0.1) is 31.4 Å². The van der Waals surface area contributed by atoms with Gasteiger partial charge in [-0.3, -0.25) is 19.3 Å². The summed E-state index contributed by atoms with van der Waals surface area (Å²) in [4.78, 5) is 36.8. The van der Waals surface area contributed by atoms with Crippen LogP contribution in [0.1, 0.15) is 68.0 Å². The van der Waals surface area contributed by atoms with Gasteiger partial charge in [-0.1, -0.05) is 35.6 Å². The molecule has 0 saturated carbocycles. The molecule has 6 rings (SSSR count). The number of halogens is 1. The molecule has 0 radical (unpaired) electrons. The van der Waals surface area contributed by atoms with Crippen LogP contribution in [0.15, 0.2) is 47.5 Å². The van der Waals surface area contributed by atoms with E-state index in [1.165, 1.54) is 12.0 Å². The quantitative estimate of drug-likeness (QED) is 0.146. The zero-order valence-electron chi connectivity index (χ0n) is 28.8. The summed E-state index contributed by atoms with van der Waals surface area (Å²) in [6.07, 6.45) is 0.979. The number of rotatable bonds is 9. The lowest BCUT2D eigenvalue weighted by atomic mass is 9.99. The molecule has 50 heavy (non-hydrogen) atoms. The van der Waals surface area contributed by atoms with Gasteiger partial charge in [0, 0.05) is 65.0 Å². The molecule has 2 aromatic heterocycles. The van der Waals surface area contributed by atoms with Gasteiger partial charge in [-0.15, -0.1) is 21.5 Å². The number of nitrogens with one attached hydrogen (secondary N) is 1. The highest BCUT2D eigenvalue weighted by atomic mass is 35.5. The number of ether oxygens (including phenoxy) is 1. The maximum atomic E-state index is 13.4. The van der Waals surface area contributed by atoms with Crippen LogP contribution in [-0.4, -0.2) is 90.2 Å². The van der Waals surface area contributed by atoms with Gasteiger partial charge in [0.1, 0.15) is 16.9 Å². The number of methoxy groups -OCH3 is 1. The molecule has 260 valence electrons. The number of aryl methyl sites for hydroxylation is 2. The van der Waals surface area contributed by atoms with E-state index in [4.69, 9.17) is 27.1 Å². The van der Waals surface area contributed by atoms with Crippen molar-refractivity contribution in [3.8, 4) is 16.8 Å². The predicted octanol–water partition coefficient (Wildman–Crippen LogP) is 4.61. The molecule has 4 heterocycles. The summed E-state index contributed by atoms with van der Waals surface area (Å²) in [7, 11) is 1.37. The maximum absolute atomic E-state index is 13.4. The molecule has 2 aliphatic heterocycles. The van der Waals surface area contributed by atoms with E-state index in [1.807, 2.05) is 49.4 Å². The summed E-state index contributed by atoms with van der Waals surface area (Å²) >= 11 is 7.92. The minimum atomic E-state index is -0.504. The Balaban J connectivity index is 1.06. The number of aliphatic imine (C=N–C) groups is 1. The fourth-order valence-corrected chi connectivity index (χ4v) is 7.74. The number of esters is 1. The molecular weight excluding hydrogens is 672 g/mol. The van der Waals surface area contributed by atoms with Crippen molar-refractivity contribution in [3.05, 3.63) is 91.8 Å². The van der Waals surface area contributed by atoms with Crippen LogP contribution in [0.3, 0.4) is 0 Å². The molecule has 2 aliphatic rings. The van der Waals surface area contributed by atoms with Gasteiger partial charge >= 0.3 is 5.97 Å². The number of thiophene rings is 1. The Kier molecular flexibility index (Phi) is 11.0. The Morgan fingerprint density at radius 3 is 2.56 bits per heavy atom. The smallest absolute Gasteiger partial charge is 0.339 e. The normalized spacial score (nSPS) is 15.7. The van der Waals surface area contributed by atoms with Crippen molar-refractivity contribution < 1.29 is 14.3 Å². The zero-order chi connectivity index (χ0) is 35.4. The van der Waals surface area contributed by atoms with Crippen LogP contribution in [0.2, 0.25) is 5.02 Å². The second-order valence-electron chi connectivity index (χ2n) is 12.4. The summed E-state index contributed by atoms with van der Waals surface area (Å²) in [5.74, 6) is 6.70. The lowest BCUT2D eigenvalue weighted by Crippen LogP contribution is -2.47. The van der Waals surface area contributed by atoms with Crippen molar-refractivity contribution in [1.82, 2.24) is 25.0 Å². The molecular formula is C37H41ClN8O3S. The molecule has 1 atom stereocenters. The average molecular weight is 713 g/mol. The van der Waals surface area contributed by atoms with Gasteiger partial charge in [0.25, 0.3) is 0 Å². The number of hydrogen-bond donors (Lipinski definition) is 2. The van der Waals surface area contributed by atoms with Crippen molar-refractivity contribution in [1.29, 1.82) is 0 Å². The third kappa shape index (κ3) is 7.46. The largest absolute Gasteiger partial charge is 0.465 e. The van der Waals surface area contributed by atoms with Crippen molar-refractivity contribution in [2.45, 2.75) is 39.7 Å². The molecule has 2 aromatic carbocycles. The highest BCUT2D eigenvalue weighted by Gasteiger charge is 2.32. The Bertz CT molecular complexity index is 1980. The third-order valence-corrected chi connectivity index (χ3v) is 10.6. The van der Waals surface area contributed by atoms with Crippen LogP contribution < -0.4 is 16.0 Å². The number of anilines is 1. The molecule has 0 bridgehead atoms. The highest BCUT2D eigenvalue weighted by molar-refractivity contribution is 7.15. The average Bonchev–Trinajstić information content (AvgIpc) is 3.61. The third-order valence-electron chi connectivity index (χ3n) is 9.18. The Morgan fingerprint density at radius 2 is 1.84 bits per heavy atom. The number of benzene rings is 2. The standard InChI is InChI=1S/C37H41ClN8O3S/c1-23-24(2)50-36-33(23)34(27-8-11-28(38)12-9-27)41-31(35-43-42-25(3)46(35)36)22-32(47)40-15-6-16-44-17-19-45(20-18-44)29-13-10-26(7-5-14-39)30(21-29)37(48)49-4/h8-13,21,31H,6,14-20,22,39H2,1-4H3,(H,40,47)/t31-/m0/s1. The van der Waals surface area contributed by atoms with Gasteiger partial charge < -0.3 is 20.7 Å². The van der Waals surface area contributed by atoms with Crippen molar-refractivity contribution in [2.24, 2.45) is 10.7 Å². The minimum absolute atomic E-state index is 0.0783. The maximum Gasteiger partial charge on any atom is 0.339 e. The van der Waals surface area contributed by atoms with Crippen LogP contribution in [0, 0.1) is 32.6 Å². The molecule has 0 spiro atoms. The number of carbonyl (C=O) groups is 2. The Hall–Kier alpha value is -4.54. The number of nitrogens with two attached hydrogens (primary N) is 1. The number of piperazine rings is 1.